The monoisotopic (exact) mass is 262 g/mol. The summed E-state index contributed by atoms with van der Waals surface area (Å²) in [5, 5.41) is 0. The Hall–Kier alpha value is -1.28. The van der Waals surface area contributed by atoms with Gasteiger partial charge in [-0.25, -0.2) is 0 Å². The fraction of sp³-hybridized carbons (Fsp3) is 0.529. The lowest BCUT2D eigenvalue weighted by molar-refractivity contribution is -0.00455. The lowest BCUT2D eigenvalue weighted by Crippen LogP contribution is -2.12. The molecular weight excluding hydrogens is 236 g/mol. The highest BCUT2D eigenvalue weighted by Gasteiger charge is 2.06. The van der Waals surface area contributed by atoms with Gasteiger partial charge < -0.3 is 9.47 Å². The standard InChI is InChI=1S/C17H26O2/c1-4-7-10-15(5-2)13-18-14-19-17-12-9-8-11-16(17)6-3/h6,8-9,11-12,15H,3-5,7,10,13-14H2,1-2H3. The molecule has 0 aliphatic carbocycles. The summed E-state index contributed by atoms with van der Waals surface area (Å²) in [7, 11) is 0. The Morgan fingerprint density at radius 1 is 1.26 bits per heavy atom. The second kappa shape index (κ2) is 9.62. The Morgan fingerprint density at radius 2 is 2.05 bits per heavy atom. The zero-order chi connectivity index (χ0) is 13.9. The van der Waals surface area contributed by atoms with Crippen LogP contribution in [0.25, 0.3) is 6.08 Å². The fourth-order valence-electron chi connectivity index (χ4n) is 2.00. The van der Waals surface area contributed by atoms with Crippen LogP contribution in [0.4, 0.5) is 0 Å². The van der Waals surface area contributed by atoms with Crippen molar-refractivity contribution in [3.63, 3.8) is 0 Å². The van der Waals surface area contributed by atoms with Gasteiger partial charge in [0.1, 0.15) is 5.75 Å². The molecular formula is C17H26O2. The summed E-state index contributed by atoms with van der Waals surface area (Å²) in [6.07, 6.45) is 6.74. The smallest absolute Gasteiger partial charge is 0.189 e. The Bertz CT molecular complexity index is 360. The van der Waals surface area contributed by atoms with Crippen LogP contribution in [-0.2, 0) is 4.74 Å². The van der Waals surface area contributed by atoms with Gasteiger partial charge in [0.25, 0.3) is 0 Å². The van der Waals surface area contributed by atoms with Crippen LogP contribution in [0.5, 0.6) is 5.75 Å². The van der Waals surface area contributed by atoms with Crippen LogP contribution in [0.1, 0.15) is 45.1 Å². The molecule has 0 radical (unpaired) electrons. The first-order chi connectivity index (χ1) is 9.31. The van der Waals surface area contributed by atoms with E-state index in [9.17, 15) is 0 Å². The molecule has 1 aromatic carbocycles. The summed E-state index contributed by atoms with van der Waals surface area (Å²) >= 11 is 0. The van der Waals surface area contributed by atoms with Gasteiger partial charge in [0.15, 0.2) is 6.79 Å². The number of hydrogen-bond donors (Lipinski definition) is 0. The lowest BCUT2D eigenvalue weighted by atomic mass is 10.0. The van der Waals surface area contributed by atoms with Gasteiger partial charge >= 0.3 is 0 Å². The van der Waals surface area contributed by atoms with E-state index in [4.69, 9.17) is 9.47 Å². The van der Waals surface area contributed by atoms with Crippen molar-refractivity contribution in [1.82, 2.24) is 0 Å². The number of hydrogen-bond acceptors (Lipinski definition) is 2. The predicted molar refractivity (Wildman–Crippen MR) is 81.3 cm³/mol. The third-order valence-electron chi connectivity index (χ3n) is 3.33. The van der Waals surface area contributed by atoms with Gasteiger partial charge in [-0.1, -0.05) is 64.0 Å². The van der Waals surface area contributed by atoms with Crippen molar-refractivity contribution >= 4 is 6.08 Å². The Labute approximate surface area is 117 Å². The molecule has 19 heavy (non-hydrogen) atoms. The molecule has 1 rings (SSSR count). The molecule has 0 bridgehead atoms. The lowest BCUT2D eigenvalue weighted by Gasteiger charge is -2.15. The second-order valence-corrected chi connectivity index (χ2v) is 4.79. The summed E-state index contributed by atoms with van der Waals surface area (Å²) in [5.74, 6) is 1.48. The average Bonchev–Trinajstić information content (AvgIpc) is 2.47. The minimum atomic E-state index is 0.313. The molecule has 0 aliphatic rings. The molecule has 2 nitrogen and oxygen atoms in total. The van der Waals surface area contributed by atoms with Gasteiger partial charge in [-0.15, -0.1) is 0 Å². The Kier molecular flexibility index (Phi) is 7.99. The van der Waals surface area contributed by atoms with Gasteiger partial charge in [0.2, 0.25) is 0 Å². The van der Waals surface area contributed by atoms with Gasteiger partial charge in [0.05, 0.1) is 6.61 Å². The number of rotatable bonds is 10. The third-order valence-corrected chi connectivity index (χ3v) is 3.33. The number of benzene rings is 1. The van der Waals surface area contributed by atoms with Crippen molar-refractivity contribution in [2.24, 2.45) is 5.92 Å². The van der Waals surface area contributed by atoms with E-state index in [2.05, 4.69) is 20.4 Å². The minimum Gasteiger partial charge on any atom is -0.467 e. The molecule has 0 aliphatic heterocycles. The Balaban J connectivity index is 2.27. The maximum atomic E-state index is 5.63. The van der Waals surface area contributed by atoms with E-state index in [1.807, 2.05) is 24.3 Å². The first-order valence-corrected chi connectivity index (χ1v) is 7.23. The normalized spacial score (nSPS) is 12.1. The molecule has 0 fully saturated rings. The summed E-state index contributed by atoms with van der Waals surface area (Å²) < 4.78 is 11.3. The maximum absolute atomic E-state index is 5.63. The molecule has 2 heteroatoms. The van der Waals surface area contributed by atoms with Gasteiger partial charge in [-0.2, -0.15) is 0 Å². The van der Waals surface area contributed by atoms with Crippen molar-refractivity contribution in [3.8, 4) is 5.75 Å². The van der Waals surface area contributed by atoms with Crippen molar-refractivity contribution in [2.75, 3.05) is 13.4 Å². The van der Waals surface area contributed by atoms with Crippen molar-refractivity contribution in [1.29, 1.82) is 0 Å². The molecule has 0 N–H and O–H groups in total. The first kappa shape index (κ1) is 15.8. The van der Waals surface area contributed by atoms with Gasteiger partial charge in [0, 0.05) is 5.56 Å². The molecule has 0 aromatic heterocycles. The molecule has 1 atom stereocenters. The van der Waals surface area contributed by atoms with Crippen molar-refractivity contribution in [2.45, 2.75) is 39.5 Å². The van der Waals surface area contributed by atoms with E-state index in [-0.39, 0.29) is 0 Å². The van der Waals surface area contributed by atoms with Crippen LogP contribution < -0.4 is 4.74 Å². The third kappa shape index (κ3) is 5.93. The first-order valence-electron chi connectivity index (χ1n) is 7.23. The number of para-hydroxylation sites is 1. The predicted octanol–water partition coefficient (Wildman–Crippen LogP) is 4.90. The van der Waals surface area contributed by atoms with Crippen molar-refractivity contribution in [3.05, 3.63) is 36.4 Å². The van der Waals surface area contributed by atoms with E-state index in [0.29, 0.717) is 12.7 Å². The largest absolute Gasteiger partial charge is 0.467 e. The SMILES string of the molecule is C=Cc1ccccc1OCOCC(CC)CCCC. The summed E-state index contributed by atoms with van der Waals surface area (Å²) in [6, 6.07) is 7.86. The average molecular weight is 262 g/mol. The summed E-state index contributed by atoms with van der Waals surface area (Å²) in [5.41, 5.74) is 1.00. The molecule has 1 unspecified atom stereocenters. The molecule has 0 saturated carbocycles. The molecule has 0 heterocycles. The zero-order valence-electron chi connectivity index (χ0n) is 12.2. The molecule has 1 aromatic rings. The minimum absolute atomic E-state index is 0.313. The van der Waals surface area contributed by atoms with Crippen molar-refractivity contribution < 1.29 is 9.47 Å². The number of unbranched alkanes of at least 4 members (excludes halogenated alkanes) is 1. The molecule has 0 spiro atoms. The highest BCUT2D eigenvalue weighted by atomic mass is 16.7. The fourth-order valence-corrected chi connectivity index (χ4v) is 2.00. The van der Waals surface area contributed by atoms with Gasteiger partial charge in [-0.05, 0) is 18.4 Å². The van der Waals surface area contributed by atoms with Gasteiger partial charge in [-0.3, -0.25) is 0 Å². The molecule has 106 valence electrons. The Morgan fingerprint density at radius 3 is 2.74 bits per heavy atom. The highest BCUT2D eigenvalue weighted by molar-refractivity contribution is 5.55. The van der Waals surface area contributed by atoms with Crippen LogP contribution >= 0.6 is 0 Å². The quantitative estimate of drug-likeness (QED) is 0.441. The molecule has 0 saturated heterocycles. The topological polar surface area (TPSA) is 18.5 Å². The van der Waals surface area contributed by atoms with Crippen LogP contribution in [0, 0.1) is 5.92 Å². The summed E-state index contributed by atoms with van der Waals surface area (Å²) in [4.78, 5) is 0. The van der Waals surface area contributed by atoms with Crippen LogP contribution in [-0.4, -0.2) is 13.4 Å². The summed E-state index contributed by atoms with van der Waals surface area (Å²) in [6.45, 7) is 9.32. The van der Waals surface area contributed by atoms with Crippen LogP contribution in [0.2, 0.25) is 0 Å². The van der Waals surface area contributed by atoms with E-state index < -0.39 is 0 Å². The second-order valence-electron chi connectivity index (χ2n) is 4.79. The van der Waals surface area contributed by atoms with E-state index in [1.54, 1.807) is 6.08 Å². The van der Waals surface area contributed by atoms with E-state index >= 15 is 0 Å². The van der Waals surface area contributed by atoms with E-state index in [0.717, 1.165) is 17.9 Å². The highest BCUT2D eigenvalue weighted by Crippen LogP contribution is 2.19. The van der Waals surface area contributed by atoms with Crippen LogP contribution in [0.3, 0.4) is 0 Å². The number of ether oxygens (including phenoxy) is 2. The zero-order valence-corrected chi connectivity index (χ0v) is 12.2. The van der Waals surface area contributed by atoms with E-state index in [1.165, 1.54) is 25.7 Å². The maximum Gasteiger partial charge on any atom is 0.189 e. The van der Waals surface area contributed by atoms with Crippen LogP contribution in [0.15, 0.2) is 30.8 Å². The molecule has 0 amide bonds.